The van der Waals surface area contributed by atoms with Crippen molar-refractivity contribution in [3.63, 3.8) is 0 Å². The Balaban J connectivity index is 1.71. The van der Waals surface area contributed by atoms with E-state index in [1.165, 1.54) is 64.8 Å². The average molecular weight is 267 g/mol. The van der Waals surface area contributed by atoms with Crippen molar-refractivity contribution in [3.8, 4) is 0 Å². The van der Waals surface area contributed by atoms with Crippen LogP contribution in [0.3, 0.4) is 0 Å². The number of likely N-dealkylation sites (N-methyl/N-ethyl adjacent to an activating group) is 1. The van der Waals surface area contributed by atoms with Crippen molar-refractivity contribution < 1.29 is 0 Å². The van der Waals surface area contributed by atoms with Gasteiger partial charge in [0, 0.05) is 24.7 Å². The summed E-state index contributed by atoms with van der Waals surface area (Å²) in [7, 11) is 0. The third-order valence-corrected chi connectivity index (χ3v) is 5.04. The van der Waals surface area contributed by atoms with E-state index < -0.39 is 0 Å². The molecular formula is C16H33N3. The highest BCUT2D eigenvalue weighted by Gasteiger charge is 2.24. The lowest BCUT2D eigenvalue weighted by molar-refractivity contribution is 0.226. The second kappa shape index (κ2) is 7.61. The molecule has 0 amide bonds. The van der Waals surface area contributed by atoms with Gasteiger partial charge in [0.15, 0.2) is 0 Å². The Bertz CT molecular complexity index is 254. The fourth-order valence-corrected chi connectivity index (χ4v) is 3.68. The minimum atomic E-state index is 0.712. The average Bonchev–Trinajstić information content (AvgIpc) is 2.72. The Kier molecular flexibility index (Phi) is 6.11. The van der Waals surface area contributed by atoms with Gasteiger partial charge in [0.25, 0.3) is 0 Å². The van der Waals surface area contributed by atoms with E-state index in [0.29, 0.717) is 6.04 Å². The molecule has 2 unspecified atom stereocenters. The topological polar surface area (TPSA) is 18.5 Å². The van der Waals surface area contributed by atoms with Gasteiger partial charge in [-0.05, 0) is 72.1 Å². The summed E-state index contributed by atoms with van der Waals surface area (Å²) in [5.41, 5.74) is 0. The third-order valence-electron chi connectivity index (χ3n) is 5.04. The molecule has 2 aliphatic heterocycles. The summed E-state index contributed by atoms with van der Waals surface area (Å²) < 4.78 is 0. The Labute approximate surface area is 119 Å². The molecule has 0 spiro atoms. The summed E-state index contributed by atoms with van der Waals surface area (Å²) in [4.78, 5) is 5.28. The van der Waals surface area contributed by atoms with Crippen molar-refractivity contribution in [2.75, 3.05) is 32.7 Å². The van der Waals surface area contributed by atoms with Crippen LogP contribution in [0.15, 0.2) is 0 Å². The van der Waals surface area contributed by atoms with Crippen molar-refractivity contribution in [1.82, 2.24) is 15.1 Å². The maximum absolute atomic E-state index is 3.86. The quantitative estimate of drug-likeness (QED) is 0.825. The number of hydrogen-bond donors (Lipinski definition) is 1. The summed E-state index contributed by atoms with van der Waals surface area (Å²) in [6.45, 7) is 13.3. The molecule has 1 N–H and O–H groups in total. The van der Waals surface area contributed by atoms with Gasteiger partial charge in [-0.1, -0.05) is 6.92 Å². The van der Waals surface area contributed by atoms with Crippen LogP contribution in [0.5, 0.6) is 0 Å². The molecule has 3 nitrogen and oxygen atoms in total. The molecule has 0 aromatic carbocycles. The zero-order valence-corrected chi connectivity index (χ0v) is 13.2. The van der Waals surface area contributed by atoms with Crippen LogP contribution in [0, 0.1) is 0 Å². The molecular weight excluding hydrogens is 234 g/mol. The van der Waals surface area contributed by atoms with E-state index >= 15 is 0 Å². The van der Waals surface area contributed by atoms with Gasteiger partial charge in [0.1, 0.15) is 0 Å². The largest absolute Gasteiger partial charge is 0.312 e. The zero-order valence-electron chi connectivity index (χ0n) is 13.2. The van der Waals surface area contributed by atoms with Crippen molar-refractivity contribution in [2.24, 2.45) is 0 Å². The number of rotatable bonds is 5. The van der Waals surface area contributed by atoms with E-state index in [9.17, 15) is 0 Å². The molecule has 19 heavy (non-hydrogen) atoms. The van der Waals surface area contributed by atoms with Crippen LogP contribution >= 0.6 is 0 Å². The fourth-order valence-electron chi connectivity index (χ4n) is 3.68. The van der Waals surface area contributed by atoms with Gasteiger partial charge in [0.05, 0.1) is 0 Å². The first-order valence-electron chi connectivity index (χ1n) is 8.42. The summed E-state index contributed by atoms with van der Waals surface area (Å²) in [6, 6.07) is 2.27. The highest BCUT2D eigenvalue weighted by molar-refractivity contribution is 4.83. The van der Waals surface area contributed by atoms with E-state index in [1.54, 1.807) is 0 Å². The van der Waals surface area contributed by atoms with Gasteiger partial charge >= 0.3 is 0 Å². The van der Waals surface area contributed by atoms with Crippen molar-refractivity contribution >= 4 is 0 Å². The minimum absolute atomic E-state index is 0.712. The summed E-state index contributed by atoms with van der Waals surface area (Å²) >= 11 is 0. The molecule has 2 saturated heterocycles. The third kappa shape index (κ3) is 4.44. The molecule has 2 heterocycles. The molecule has 0 aromatic rings. The van der Waals surface area contributed by atoms with Crippen LogP contribution in [-0.2, 0) is 0 Å². The van der Waals surface area contributed by atoms with E-state index in [0.717, 1.165) is 12.1 Å². The van der Waals surface area contributed by atoms with Crippen molar-refractivity contribution in [2.45, 2.75) is 71.0 Å². The Morgan fingerprint density at radius 2 is 1.84 bits per heavy atom. The van der Waals surface area contributed by atoms with Gasteiger partial charge in [0.2, 0.25) is 0 Å². The lowest BCUT2D eigenvalue weighted by atomic mass is 10.1. The number of likely N-dealkylation sites (tertiary alicyclic amines) is 2. The van der Waals surface area contributed by atoms with Gasteiger partial charge in [-0.15, -0.1) is 0 Å². The predicted molar refractivity (Wildman–Crippen MR) is 82.6 cm³/mol. The maximum atomic E-state index is 3.86. The lowest BCUT2D eigenvalue weighted by Gasteiger charge is -2.26. The summed E-state index contributed by atoms with van der Waals surface area (Å²) in [5.74, 6) is 0. The Hall–Kier alpha value is -0.120. The molecule has 0 radical (unpaired) electrons. The summed E-state index contributed by atoms with van der Waals surface area (Å²) in [6.07, 6.45) is 6.84. The van der Waals surface area contributed by atoms with Crippen LogP contribution in [0.25, 0.3) is 0 Å². The molecule has 0 aromatic heterocycles. The van der Waals surface area contributed by atoms with Gasteiger partial charge in [-0.2, -0.15) is 0 Å². The Morgan fingerprint density at radius 1 is 1.05 bits per heavy atom. The minimum Gasteiger partial charge on any atom is -0.312 e. The molecule has 3 heteroatoms. The van der Waals surface area contributed by atoms with Crippen molar-refractivity contribution in [3.05, 3.63) is 0 Å². The molecule has 0 aliphatic carbocycles. The van der Waals surface area contributed by atoms with Gasteiger partial charge in [-0.25, -0.2) is 0 Å². The number of hydrogen-bond acceptors (Lipinski definition) is 3. The molecule has 112 valence electrons. The standard InChI is InChI=1S/C16H33N3/c1-4-18-10-6-8-16(18)13-17-15-7-5-11-19(12-9-15)14(2)3/h14-17H,4-13H2,1-3H3. The van der Waals surface area contributed by atoms with Crippen LogP contribution < -0.4 is 5.32 Å². The van der Waals surface area contributed by atoms with Crippen LogP contribution in [0.4, 0.5) is 0 Å². The van der Waals surface area contributed by atoms with Gasteiger partial charge < -0.3 is 10.2 Å². The van der Waals surface area contributed by atoms with Crippen LogP contribution in [0.2, 0.25) is 0 Å². The first-order chi connectivity index (χ1) is 9.20. The lowest BCUT2D eigenvalue weighted by Crippen LogP contribution is -2.42. The van der Waals surface area contributed by atoms with E-state index in [-0.39, 0.29) is 0 Å². The molecule has 0 saturated carbocycles. The fraction of sp³-hybridized carbons (Fsp3) is 1.00. The smallest absolute Gasteiger partial charge is 0.0221 e. The highest BCUT2D eigenvalue weighted by atomic mass is 15.2. The second-order valence-corrected chi connectivity index (χ2v) is 6.59. The second-order valence-electron chi connectivity index (χ2n) is 6.59. The van der Waals surface area contributed by atoms with Gasteiger partial charge in [-0.3, -0.25) is 4.90 Å². The van der Waals surface area contributed by atoms with E-state index in [1.807, 2.05) is 0 Å². The Morgan fingerprint density at radius 3 is 2.58 bits per heavy atom. The van der Waals surface area contributed by atoms with E-state index in [2.05, 4.69) is 35.9 Å². The maximum Gasteiger partial charge on any atom is 0.0221 e. The first-order valence-corrected chi connectivity index (χ1v) is 8.42. The van der Waals surface area contributed by atoms with E-state index in [4.69, 9.17) is 0 Å². The molecule has 2 fully saturated rings. The SMILES string of the molecule is CCN1CCCC1CNC1CCCN(C(C)C)CC1. The van der Waals surface area contributed by atoms with Crippen LogP contribution in [0.1, 0.15) is 52.9 Å². The predicted octanol–water partition coefficient (Wildman–Crippen LogP) is 2.32. The first kappa shape index (κ1) is 15.3. The molecule has 2 aliphatic rings. The normalized spacial score (nSPS) is 30.9. The molecule has 2 rings (SSSR count). The molecule has 0 bridgehead atoms. The van der Waals surface area contributed by atoms with Crippen LogP contribution in [-0.4, -0.2) is 60.6 Å². The highest BCUT2D eigenvalue weighted by Crippen LogP contribution is 2.17. The number of nitrogens with one attached hydrogen (secondary N) is 1. The molecule has 2 atom stereocenters. The summed E-state index contributed by atoms with van der Waals surface area (Å²) in [5, 5.41) is 3.86. The zero-order chi connectivity index (χ0) is 13.7. The monoisotopic (exact) mass is 267 g/mol. The van der Waals surface area contributed by atoms with Crippen molar-refractivity contribution in [1.29, 1.82) is 0 Å². The number of nitrogens with zero attached hydrogens (tertiary/aromatic N) is 2.